The Morgan fingerprint density at radius 2 is 2.04 bits per heavy atom. The second-order valence-electron chi connectivity index (χ2n) is 6.16. The van der Waals surface area contributed by atoms with E-state index in [1.165, 1.54) is 23.3 Å². The van der Waals surface area contributed by atoms with Gasteiger partial charge in [0.05, 0.1) is 20.1 Å². The van der Waals surface area contributed by atoms with E-state index in [2.05, 4.69) is 10.1 Å². The number of hydrogen-bond donors (Lipinski definition) is 1. The lowest BCUT2D eigenvalue weighted by Gasteiger charge is -2.27. The summed E-state index contributed by atoms with van der Waals surface area (Å²) in [5.74, 6) is -1.00. The van der Waals surface area contributed by atoms with Gasteiger partial charge < -0.3 is 14.8 Å². The van der Waals surface area contributed by atoms with Crippen LogP contribution in [0.25, 0.3) is 0 Å². The molecule has 0 saturated heterocycles. The van der Waals surface area contributed by atoms with Gasteiger partial charge in [0.2, 0.25) is 5.91 Å². The number of carbonyl (C=O) groups excluding carboxylic acids is 3. The van der Waals surface area contributed by atoms with Crippen LogP contribution >= 0.6 is 11.3 Å². The standard InChI is InChI=1S/C19H20N2O5S/c1-12-8-14-10-21(19(24)26-11-13-6-4-3-5-7-13)15(9-16(22)25-2)17(23)20-18(14)27-12/h3-8,15H,9-11H2,1-2H3,(H,20,23)/t15-/m0/s1. The number of thiophene rings is 1. The maximum absolute atomic E-state index is 12.7. The number of amides is 2. The lowest BCUT2D eigenvalue weighted by molar-refractivity contribution is -0.143. The normalized spacial score (nSPS) is 16.1. The summed E-state index contributed by atoms with van der Waals surface area (Å²) in [4.78, 5) is 39.5. The van der Waals surface area contributed by atoms with Crippen LogP contribution in [0, 0.1) is 6.92 Å². The monoisotopic (exact) mass is 388 g/mol. The van der Waals surface area contributed by atoms with Crippen LogP contribution in [-0.2, 0) is 32.2 Å². The second-order valence-corrected chi connectivity index (χ2v) is 7.42. The molecule has 27 heavy (non-hydrogen) atoms. The van der Waals surface area contributed by atoms with Gasteiger partial charge in [0, 0.05) is 10.4 Å². The SMILES string of the molecule is COC(=O)C[C@H]1C(=O)Nc2sc(C)cc2CN1C(=O)OCc1ccccc1. The molecule has 0 fully saturated rings. The first-order valence-electron chi connectivity index (χ1n) is 8.42. The number of fused-ring (bicyclic) bond motifs is 1. The smallest absolute Gasteiger partial charge is 0.411 e. The van der Waals surface area contributed by atoms with Crippen LogP contribution in [0.3, 0.4) is 0 Å². The van der Waals surface area contributed by atoms with Gasteiger partial charge in [-0.1, -0.05) is 30.3 Å². The quantitative estimate of drug-likeness (QED) is 0.814. The van der Waals surface area contributed by atoms with E-state index in [1.807, 2.05) is 43.3 Å². The molecule has 2 heterocycles. The van der Waals surface area contributed by atoms with Crippen molar-refractivity contribution in [2.24, 2.45) is 0 Å². The van der Waals surface area contributed by atoms with E-state index in [4.69, 9.17) is 4.74 Å². The van der Waals surface area contributed by atoms with Crippen molar-refractivity contribution < 1.29 is 23.9 Å². The average molecular weight is 388 g/mol. The zero-order valence-electron chi connectivity index (χ0n) is 15.1. The molecule has 1 aromatic heterocycles. The minimum absolute atomic E-state index is 0.0816. The fourth-order valence-electron chi connectivity index (χ4n) is 2.86. The molecule has 0 bridgehead atoms. The fraction of sp³-hybridized carbons (Fsp3) is 0.316. The van der Waals surface area contributed by atoms with Gasteiger partial charge >= 0.3 is 12.1 Å². The molecular weight excluding hydrogens is 368 g/mol. The Bertz CT molecular complexity index is 849. The van der Waals surface area contributed by atoms with Crippen LogP contribution < -0.4 is 5.32 Å². The second kappa shape index (κ2) is 8.22. The third-order valence-corrected chi connectivity index (χ3v) is 5.22. The van der Waals surface area contributed by atoms with E-state index in [1.54, 1.807) is 0 Å². The fourth-order valence-corrected chi connectivity index (χ4v) is 3.79. The number of anilines is 1. The number of esters is 1. The molecule has 1 aliphatic rings. The first kappa shape index (κ1) is 18.9. The van der Waals surface area contributed by atoms with Gasteiger partial charge in [-0.05, 0) is 18.6 Å². The largest absolute Gasteiger partial charge is 0.469 e. The molecule has 1 atom stereocenters. The number of nitrogens with one attached hydrogen (secondary N) is 1. The molecule has 2 aromatic rings. The summed E-state index contributed by atoms with van der Waals surface area (Å²) in [6.07, 6.45) is -0.893. The molecule has 0 radical (unpaired) electrons. The zero-order valence-corrected chi connectivity index (χ0v) is 15.9. The van der Waals surface area contributed by atoms with Gasteiger partial charge in [0.1, 0.15) is 17.6 Å². The van der Waals surface area contributed by atoms with Crippen molar-refractivity contribution in [3.8, 4) is 0 Å². The molecule has 0 aliphatic carbocycles. The summed E-state index contributed by atoms with van der Waals surface area (Å²) in [5.41, 5.74) is 1.65. The Labute approximate surface area is 160 Å². The molecule has 1 N–H and O–H groups in total. The zero-order chi connectivity index (χ0) is 19.4. The van der Waals surface area contributed by atoms with E-state index in [-0.39, 0.29) is 19.6 Å². The van der Waals surface area contributed by atoms with Gasteiger partial charge in [-0.25, -0.2) is 4.79 Å². The molecule has 7 nitrogen and oxygen atoms in total. The minimum atomic E-state index is -0.999. The summed E-state index contributed by atoms with van der Waals surface area (Å²) < 4.78 is 10.1. The number of ether oxygens (including phenoxy) is 2. The summed E-state index contributed by atoms with van der Waals surface area (Å²) in [6.45, 7) is 2.18. The van der Waals surface area contributed by atoms with E-state index < -0.39 is 24.0 Å². The maximum Gasteiger partial charge on any atom is 0.411 e. The Morgan fingerprint density at radius 3 is 2.74 bits per heavy atom. The molecule has 1 aromatic carbocycles. The maximum atomic E-state index is 12.7. The molecule has 2 amide bonds. The van der Waals surface area contributed by atoms with Crippen LogP contribution in [0.15, 0.2) is 36.4 Å². The Hall–Kier alpha value is -2.87. The lowest BCUT2D eigenvalue weighted by atomic mass is 10.1. The highest BCUT2D eigenvalue weighted by molar-refractivity contribution is 7.16. The van der Waals surface area contributed by atoms with Gasteiger partial charge in [-0.2, -0.15) is 0 Å². The Kier molecular flexibility index (Phi) is 5.75. The van der Waals surface area contributed by atoms with Crippen LogP contribution in [-0.4, -0.2) is 36.0 Å². The van der Waals surface area contributed by atoms with E-state index >= 15 is 0 Å². The average Bonchev–Trinajstić information content (AvgIpc) is 2.95. The molecule has 8 heteroatoms. The number of methoxy groups -OCH3 is 1. The predicted molar refractivity (Wildman–Crippen MR) is 100 cm³/mol. The lowest BCUT2D eigenvalue weighted by Crippen LogP contribution is -2.46. The van der Waals surface area contributed by atoms with Crippen LogP contribution in [0.4, 0.5) is 9.80 Å². The number of nitrogens with zero attached hydrogens (tertiary/aromatic N) is 1. The molecule has 0 unspecified atom stereocenters. The van der Waals surface area contributed by atoms with Crippen molar-refractivity contribution in [1.29, 1.82) is 0 Å². The van der Waals surface area contributed by atoms with Crippen LogP contribution in [0.2, 0.25) is 0 Å². The highest BCUT2D eigenvalue weighted by Gasteiger charge is 2.37. The topological polar surface area (TPSA) is 84.9 Å². The highest BCUT2D eigenvalue weighted by Crippen LogP contribution is 2.32. The number of benzene rings is 1. The molecule has 1 aliphatic heterocycles. The molecule has 3 rings (SSSR count). The van der Waals surface area contributed by atoms with Gasteiger partial charge in [0.15, 0.2) is 0 Å². The van der Waals surface area contributed by atoms with Crippen molar-refractivity contribution in [1.82, 2.24) is 4.90 Å². The number of rotatable bonds is 4. The molecule has 0 saturated carbocycles. The summed E-state index contributed by atoms with van der Waals surface area (Å²) in [5, 5.41) is 3.49. The Balaban J connectivity index is 1.82. The van der Waals surface area contributed by atoms with Crippen molar-refractivity contribution in [2.45, 2.75) is 32.5 Å². The molecule has 0 spiro atoms. The summed E-state index contributed by atoms with van der Waals surface area (Å²) in [6, 6.07) is 10.2. The van der Waals surface area contributed by atoms with Crippen LogP contribution in [0.5, 0.6) is 0 Å². The van der Waals surface area contributed by atoms with Gasteiger partial charge in [0.25, 0.3) is 0 Å². The van der Waals surface area contributed by atoms with Crippen molar-refractivity contribution in [3.05, 3.63) is 52.4 Å². The summed E-state index contributed by atoms with van der Waals surface area (Å²) in [7, 11) is 1.25. The Morgan fingerprint density at radius 1 is 1.30 bits per heavy atom. The highest BCUT2D eigenvalue weighted by atomic mass is 32.1. The van der Waals surface area contributed by atoms with Crippen molar-refractivity contribution in [2.75, 3.05) is 12.4 Å². The minimum Gasteiger partial charge on any atom is -0.469 e. The summed E-state index contributed by atoms with van der Waals surface area (Å²) >= 11 is 1.43. The third-order valence-electron chi connectivity index (χ3n) is 4.22. The van der Waals surface area contributed by atoms with E-state index in [9.17, 15) is 14.4 Å². The van der Waals surface area contributed by atoms with E-state index in [0.29, 0.717) is 5.00 Å². The first-order valence-corrected chi connectivity index (χ1v) is 9.24. The molecular formula is C19H20N2O5S. The van der Waals surface area contributed by atoms with Gasteiger partial charge in [-0.15, -0.1) is 11.3 Å². The van der Waals surface area contributed by atoms with E-state index in [0.717, 1.165) is 16.0 Å². The first-order chi connectivity index (χ1) is 13.0. The molecule has 142 valence electrons. The number of carbonyl (C=O) groups is 3. The van der Waals surface area contributed by atoms with Crippen molar-refractivity contribution >= 4 is 34.3 Å². The van der Waals surface area contributed by atoms with Crippen molar-refractivity contribution in [3.63, 3.8) is 0 Å². The van der Waals surface area contributed by atoms with Gasteiger partial charge in [-0.3, -0.25) is 14.5 Å². The van der Waals surface area contributed by atoms with Crippen LogP contribution in [0.1, 0.15) is 22.4 Å². The number of aryl methyl sites for hydroxylation is 1. The number of hydrogen-bond acceptors (Lipinski definition) is 6. The third kappa shape index (κ3) is 4.46. The predicted octanol–water partition coefficient (Wildman–Crippen LogP) is 3.08.